The van der Waals surface area contributed by atoms with Crippen LogP contribution >= 0.6 is 11.6 Å². The predicted octanol–water partition coefficient (Wildman–Crippen LogP) is 1.75. The molecule has 0 aliphatic carbocycles. The fourth-order valence-electron chi connectivity index (χ4n) is 3.11. The molecule has 0 aromatic heterocycles. The highest BCUT2D eigenvalue weighted by atomic mass is 35.5. The Morgan fingerprint density at radius 2 is 1.96 bits per heavy atom. The van der Waals surface area contributed by atoms with Crippen LogP contribution in [-0.4, -0.2) is 53.0 Å². The lowest BCUT2D eigenvalue weighted by Gasteiger charge is -2.49. The Hall–Kier alpha value is -2.38. The topological polar surface area (TPSA) is 84.9 Å². The summed E-state index contributed by atoms with van der Waals surface area (Å²) >= 11 is 5.93. The molecule has 2 aliphatic heterocycles. The van der Waals surface area contributed by atoms with E-state index in [1.807, 2.05) is 30.3 Å². The quantitative estimate of drug-likeness (QED) is 0.457. The number of esters is 1. The number of alkyl halides is 1. The van der Waals surface area contributed by atoms with Crippen molar-refractivity contribution in [1.29, 1.82) is 0 Å². The summed E-state index contributed by atoms with van der Waals surface area (Å²) in [6.45, 7) is 5.32. The Morgan fingerprint density at radius 3 is 2.57 bits per heavy atom. The van der Waals surface area contributed by atoms with Crippen LogP contribution in [0.1, 0.15) is 26.3 Å². The van der Waals surface area contributed by atoms with Gasteiger partial charge in [-0.25, -0.2) is 4.79 Å². The minimum absolute atomic E-state index is 0.0378. The van der Waals surface area contributed by atoms with E-state index >= 15 is 0 Å². The van der Waals surface area contributed by atoms with Gasteiger partial charge in [0.2, 0.25) is 5.91 Å². The molecule has 3 rings (SSSR count). The smallest absolute Gasteiger partial charge is 0.355 e. The summed E-state index contributed by atoms with van der Waals surface area (Å²) in [6, 6.07) is 8.38. The number of ether oxygens (including phenoxy) is 2. The van der Waals surface area contributed by atoms with Crippen LogP contribution in [-0.2, 0) is 30.3 Å². The van der Waals surface area contributed by atoms with E-state index in [2.05, 4.69) is 5.32 Å². The number of amides is 2. The van der Waals surface area contributed by atoms with Gasteiger partial charge in [-0.1, -0.05) is 30.3 Å². The maximum absolute atomic E-state index is 12.7. The van der Waals surface area contributed by atoms with Gasteiger partial charge >= 0.3 is 5.97 Å². The lowest BCUT2D eigenvalue weighted by Crippen LogP contribution is -2.73. The molecule has 0 radical (unpaired) electrons. The zero-order valence-electron chi connectivity index (χ0n) is 16.0. The van der Waals surface area contributed by atoms with Crippen LogP contribution in [0.4, 0.5) is 0 Å². The fraction of sp³-hybridized carbons (Fsp3) is 0.450. The van der Waals surface area contributed by atoms with E-state index in [0.717, 1.165) is 5.56 Å². The molecule has 2 unspecified atom stereocenters. The molecule has 0 bridgehead atoms. The van der Waals surface area contributed by atoms with Crippen molar-refractivity contribution in [3.8, 4) is 0 Å². The van der Waals surface area contributed by atoms with Gasteiger partial charge < -0.3 is 14.8 Å². The molecular weight excluding hydrogens is 384 g/mol. The molecule has 2 heterocycles. The third-order valence-corrected chi connectivity index (χ3v) is 4.65. The third kappa shape index (κ3) is 4.20. The lowest BCUT2D eigenvalue weighted by atomic mass is 9.98. The normalized spacial score (nSPS) is 21.7. The van der Waals surface area contributed by atoms with E-state index in [-0.39, 0.29) is 30.5 Å². The van der Waals surface area contributed by atoms with Crippen molar-refractivity contribution in [3.05, 3.63) is 47.2 Å². The highest BCUT2D eigenvalue weighted by Crippen LogP contribution is 2.34. The molecule has 0 spiro atoms. The Bertz CT molecular complexity index is 816. The molecule has 1 N–H and O–H groups in total. The van der Waals surface area contributed by atoms with E-state index in [1.54, 1.807) is 20.8 Å². The van der Waals surface area contributed by atoms with Gasteiger partial charge in [0.05, 0.1) is 13.0 Å². The molecule has 150 valence electrons. The Balaban J connectivity index is 1.71. The maximum Gasteiger partial charge on any atom is 0.355 e. The number of halogens is 1. The summed E-state index contributed by atoms with van der Waals surface area (Å²) in [4.78, 5) is 38.8. The van der Waals surface area contributed by atoms with Gasteiger partial charge in [-0.15, -0.1) is 11.6 Å². The van der Waals surface area contributed by atoms with Crippen molar-refractivity contribution in [1.82, 2.24) is 10.2 Å². The first-order chi connectivity index (χ1) is 13.2. The van der Waals surface area contributed by atoms with Crippen LogP contribution in [0, 0.1) is 0 Å². The fourth-order valence-corrected chi connectivity index (χ4v) is 3.31. The highest BCUT2D eigenvalue weighted by molar-refractivity contribution is 6.20. The first-order valence-electron chi connectivity index (χ1n) is 9.00. The molecule has 2 aliphatic rings. The van der Waals surface area contributed by atoms with E-state index < -0.39 is 29.7 Å². The molecule has 2 amide bonds. The SMILES string of the molecule is CC(C)(C)OC(=O)C1=C(CCl)COC2C(NC(=O)Cc3ccccc3)C(=O)N12. The van der Waals surface area contributed by atoms with Crippen molar-refractivity contribution in [3.63, 3.8) is 0 Å². The van der Waals surface area contributed by atoms with Crippen LogP contribution in [0.2, 0.25) is 0 Å². The van der Waals surface area contributed by atoms with Crippen molar-refractivity contribution in [2.24, 2.45) is 0 Å². The predicted molar refractivity (Wildman–Crippen MR) is 102 cm³/mol. The van der Waals surface area contributed by atoms with Gasteiger partial charge in [-0.3, -0.25) is 14.5 Å². The summed E-state index contributed by atoms with van der Waals surface area (Å²) in [6.07, 6.45) is -0.597. The van der Waals surface area contributed by atoms with E-state index in [1.165, 1.54) is 4.90 Å². The van der Waals surface area contributed by atoms with E-state index in [0.29, 0.717) is 5.57 Å². The molecule has 28 heavy (non-hydrogen) atoms. The molecule has 1 aromatic carbocycles. The first-order valence-corrected chi connectivity index (χ1v) is 9.54. The molecule has 1 fully saturated rings. The molecule has 8 heteroatoms. The van der Waals surface area contributed by atoms with Gasteiger partial charge in [-0.2, -0.15) is 0 Å². The monoisotopic (exact) mass is 406 g/mol. The summed E-state index contributed by atoms with van der Waals surface area (Å²) in [5, 5.41) is 2.69. The number of hydrogen-bond donors (Lipinski definition) is 1. The highest BCUT2D eigenvalue weighted by Gasteiger charge is 2.55. The first kappa shape index (κ1) is 20.4. The van der Waals surface area contributed by atoms with Crippen molar-refractivity contribution in [2.75, 3.05) is 12.5 Å². The van der Waals surface area contributed by atoms with Crippen LogP contribution in [0.5, 0.6) is 0 Å². The molecule has 1 aromatic rings. The number of benzene rings is 1. The minimum atomic E-state index is -0.842. The van der Waals surface area contributed by atoms with Gasteiger partial charge in [0.15, 0.2) is 12.3 Å². The number of nitrogens with zero attached hydrogens (tertiary/aromatic N) is 1. The number of β-lactam (4-membered cyclic amide) rings is 1. The summed E-state index contributed by atoms with van der Waals surface area (Å²) in [5.74, 6) is -1.30. The maximum atomic E-state index is 12.7. The Kier molecular flexibility index (Phi) is 5.76. The zero-order valence-corrected chi connectivity index (χ0v) is 16.8. The standard InChI is InChI=1S/C20H23ClN2O5/c1-20(2,3)28-19(26)16-13(10-21)11-27-18-15(17(25)23(16)18)22-14(24)9-12-7-5-4-6-8-12/h4-8,15,18H,9-11H2,1-3H3,(H,22,24). The number of hydrogen-bond acceptors (Lipinski definition) is 5. The number of rotatable bonds is 5. The van der Waals surface area contributed by atoms with Crippen LogP contribution in [0.3, 0.4) is 0 Å². The molecular formula is C20H23ClN2O5. The van der Waals surface area contributed by atoms with E-state index in [4.69, 9.17) is 21.1 Å². The van der Waals surface area contributed by atoms with Gasteiger partial charge in [0.1, 0.15) is 11.3 Å². The molecule has 1 saturated heterocycles. The number of nitrogens with one attached hydrogen (secondary N) is 1. The van der Waals surface area contributed by atoms with Crippen LogP contribution in [0.25, 0.3) is 0 Å². The average molecular weight is 407 g/mol. The second-order valence-electron chi connectivity index (χ2n) is 7.71. The average Bonchev–Trinajstić information content (AvgIpc) is 2.64. The number of fused-ring (bicyclic) bond motifs is 1. The van der Waals surface area contributed by atoms with E-state index in [9.17, 15) is 14.4 Å². The summed E-state index contributed by atoms with van der Waals surface area (Å²) in [7, 11) is 0. The molecule has 7 nitrogen and oxygen atoms in total. The van der Waals surface area contributed by atoms with Crippen LogP contribution in [0.15, 0.2) is 41.6 Å². The third-order valence-electron chi connectivity index (χ3n) is 4.32. The molecule has 0 saturated carbocycles. The zero-order chi connectivity index (χ0) is 20.5. The van der Waals surface area contributed by atoms with Gasteiger partial charge in [0, 0.05) is 11.5 Å². The Labute approximate surface area is 168 Å². The minimum Gasteiger partial charge on any atom is -0.455 e. The Morgan fingerprint density at radius 1 is 1.29 bits per heavy atom. The molecule has 2 atom stereocenters. The van der Waals surface area contributed by atoms with Crippen LogP contribution < -0.4 is 5.32 Å². The van der Waals surface area contributed by atoms with Gasteiger partial charge in [-0.05, 0) is 26.3 Å². The lowest BCUT2D eigenvalue weighted by molar-refractivity contribution is -0.187. The number of carbonyl (C=O) groups excluding carboxylic acids is 3. The number of carbonyl (C=O) groups is 3. The second-order valence-corrected chi connectivity index (χ2v) is 7.97. The van der Waals surface area contributed by atoms with Crippen molar-refractivity contribution >= 4 is 29.4 Å². The van der Waals surface area contributed by atoms with Gasteiger partial charge in [0.25, 0.3) is 5.91 Å². The van der Waals surface area contributed by atoms with Crippen molar-refractivity contribution in [2.45, 2.75) is 45.1 Å². The van der Waals surface area contributed by atoms with Crippen molar-refractivity contribution < 1.29 is 23.9 Å². The largest absolute Gasteiger partial charge is 0.455 e. The second kappa shape index (κ2) is 7.93. The summed E-state index contributed by atoms with van der Waals surface area (Å²) < 4.78 is 11.1. The summed E-state index contributed by atoms with van der Waals surface area (Å²) in [5.41, 5.74) is 0.716.